The molecule has 19 nitrogen and oxygen atoms in total. The number of nitrogen functional groups attached to an aromatic ring is 1. The van der Waals surface area contributed by atoms with Crippen molar-refractivity contribution in [3.8, 4) is 0 Å². The van der Waals surface area contributed by atoms with E-state index in [2.05, 4.69) is 120 Å². The second-order valence-electron chi connectivity index (χ2n) is 17.5. The minimum absolute atomic E-state index is 0.0416. The van der Waals surface area contributed by atoms with Gasteiger partial charge in [-0.1, -0.05) is 154 Å². The zero-order valence-electron chi connectivity index (χ0n) is 44.6. The average molecular weight is 1120 g/mol. The number of unbranched alkanes of at least 4 members (excludes halogenated alkanes) is 3. The summed E-state index contributed by atoms with van der Waals surface area (Å²) in [5, 5.41) is 31.2. The number of carbonyl (C=O) groups excluding carboxylic acids is 2. The topological polar surface area (TPSA) is 286 Å². The molecular weight excluding hydrogens is 1030 g/mol. The van der Waals surface area contributed by atoms with Crippen molar-refractivity contribution in [1.29, 1.82) is 0 Å². The van der Waals surface area contributed by atoms with E-state index in [9.17, 15) is 48.6 Å². The van der Waals surface area contributed by atoms with Crippen LogP contribution in [0.25, 0.3) is 0 Å². The van der Waals surface area contributed by atoms with Gasteiger partial charge in [-0.05, 0) is 96.0 Å². The van der Waals surface area contributed by atoms with Gasteiger partial charge in [0.1, 0.15) is 30.7 Å². The van der Waals surface area contributed by atoms with E-state index in [4.69, 9.17) is 29.0 Å². The highest BCUT2D eigenvalue weighted by atomic mass is 31.3. The van der Waals surface area contributed by atoms with Crippen molar-refractivity contribution in [2.75, 3.05) is 25.6 Å². The van der Waals surface area contributed by atoms with Crippen LogP contribution in [0.5, 0.6) is 0 Å². The first kappa shape index (κ1) is 68.0. The lowest BCUT2D eigenvalue weighted by molar-refractivity contribution is -0.161. The monoisotopic (exact) mass is 1120 g/mol. The minimum Gasteiger partial charge on any atom is -0.462 e. The molecular formula is C56H83N3O16P2. The third-order valence-electron chi connectivity index (χ3n) is 10.8. The van der Waals surface area contributed by atoms with E-state index in [1.54, 1.807) is 24.3 Å². The zero-order chi connectivity index (χ0) is 56.4. The molecule has 2 rings (SSSR count). The van der Waals surface area contributed by atoms with Crippen molar-refractivity contribution < 1.29 is 71.4 Å². The van der Waals surface area contributed by atoms with E-state index in [0.717, 1.165) is 87.8 Å². The molecule has 1 saturated heterocycles. The summed E-state index contributed by atoms with van der Waals surface area (Å²) in [6.07, 6.45) is 48.4. The SMILES string of the molecule is CC/C=C\C/C=C\C/C=C\C/C=C\C=C/C(O)C/C=C\CCC(=O)O[C@H](COC(=O)CCCCC/C=C\C/C=C\C/C=C\C/C=C\C/C=C\CC)COP(=O)(O)OP(=O)(O)OC[C@H]1O[C@@H](n2ccc(N)nc2=O)[C@H](O)[C@@H]1O. The van der Waals surface area contributed by atoms with Crippen LogP contribution in [0, 0.1) is 0 Å². The van der Waals surface area contributed by atoms with Gasteiger partial charge in [0.2, 0.25) is 0 Å². The van der Waals surface area contributed by atoms with Crippen molar-refractivity contribution in [2.24, 2.45) is 0 Å². The Morgan fingerprint density at radius 1 is 0.688 bits per heavy atom. The maximum atomic E-state index is 12.9. The number of esters is 2. The zero-order valence-corrected chi connectivity index (χ0v) is 46.3. The van der Waals surface area contributed by atoms with E-state index in [1.165, 1.54) is 6.07 Å². The van der Waals surface area contributed by atoms with Crippen LogP contribution >= 0.6 is 15.6 Å². The van der Waals surface area contributed by atoms with Gasteiger partial charge in [0.05, 0.1) is 19.3 Å². The van der Waals surface area contributed by atoms with Crippen LogP contribution in [0.1, 0.15) is 129 Å². The highest BCUT2D eigenvalue weighted by Crippen LogP contribution is 2.60. The molecule has 0 radical (unpaired) electrons. The van der Waals surface area contributed by atoms with Gasteiger partial charge in [0, 0.05) is 19.0 Å². The first-order valence-corrected chi connectivity index (χ1v) is 29.3. The van der Waals surface area contributed by atoms with Crippen molar-refractivity contribution in [3.63, 3.8) is 0 Å². The standard InChI is InChI=1S/C56H83N3O16P2/c1-3-5-7-9-11-13-15-17-18-19-20-21-22-24-26-28-30-32-36-40-51(61)70-44-48(73-52(62)41-37-33-35-39-47(60)38-34-31-29-27-25-23-16-14-12-10-8-6-4-2)45-71-76(66,67)75-77(68,69)72-46-49-53(63)54(64)55(74-49)59-43-42-50(57)58-56(59)65/h5-8,11-14,17-18,20-21,23-26,29,31,33-35,38,42-43,47-49,53-55,60,63-64H,3-4,9-10,15-16,19,22,27-28,30,32,36-37,39-41,44-46H2,1-2H3,(H,66,67)(H,68,69)(H2,57,58,65)/b7-5-,8-6-,13-11-,14-12-,18-17-,21-20-,25-23-,26-24-,31-29-,35-33-,38-34-/t47?,48-,49-,53-,54-,55-/m1/s1. The van der Waals surface area contributed by atoms with Crippen LogP contribution in [-0.2, 0) is 46.3 Å². The van der Waals surface area contributed by atoms with E-state index < -0.39 is 89.8 Å². The molecule has 77 heavy (non-hydrogen) atoms. The van der Waals surface area contributed by atoms with Crippen molar-refractivity contribution in [3.05, 3.63) is 156 Å². The van der Waals surface area contributed by atoms with Crippen LogP contribution < -0.4 is 11.4 Å². The number of rotatable bonds is 41. The fourth-order valence-electron chi connectivity index (χ4n) is 6.80. The summed E-state index contributed by atoms with van der Waals surface area (Å²) in [5.41, 5.74) is 4.57. The van der Waals surface area contributed by atoms with Gasteiger partial charge in [-0.3, -0.25) is 23.2 Å². The summed E-state index contributed by atoms with van der Waals surface area (Å²) in [7, 11) is -11.0. The molecule has 1 aliphatic heterocycles. The summed E-state index contributed by atoms with van der Waals surface area (Å²) in [6, 6.07) is 1.23. The number of aliphatic hydroxyl groups is 3. The van der Waals surface area contributed by atoms with Crippen molar-refractivity contribution in [1.82, 2.24) is 9.55 Å². The Hall–Kier alpha value is -5.14. The first-order valence-electron chi connectivity index (χ1n) is 26.3. The van der Waals surface area contributed by atoms with Crippen LogP contribution in [-0.4, -0.2) is 96.9 Å². The van der Waals surface area contributed by atoms with Crippen LogP contribution in [0.2, 0.25) is 0 Å². The molecule has 0 spiro atoms. The molecule has 428 valence electrons. The molecule has 1 fully saturated rings. The van der Waals surface area contributed by atoms with Crippen LogP contribution in [0.3, 0.4) is 0 Å². The number of allylic oxidation sites excluding steroid dienone is 20. The third-order valence-corrected chi connectivity index (χ3v) is 13.4. The summed E-state index contributed by atoms with van der Waals surface area (Å²) in [4.78, 5) is 62.0. The molecule has 1 aliphatic rings. The number of phosphoric acid groups is 2. The number of phosphoric ester groups is 2. The number of ether oxygens (including phenoxy) is 3. The Morgan fingerprint density at radius 3 is 1.82 bits per heavy atom. The molecule has 1 aromatic heterocycles. The maximum absolute atomic E-state index is 12.9. The van der Waals surface area contributed by atoms with E-state index in [1.807, 2.05) is 12.2 Å². The number of nitrogens with zero attached hydrogens (tertiary/aromatic N) is 2. The highest BCUT2D eigenvalue weighted by Gasteiger charge is 2.46. The predicted molar refractivity (Wildman–Crippen MR) is 299 cm³/mol. The van der Waals surface area contributed by atoms with Crippen LogP contribution in [0.15, 0.2) is 151 Å². The lowest BCUT2D eigenvalue weighted by Crippen LogP contribution is -2.36. The molecule has 21 heteroatoms. The molecule has 0 bridgehead atoms. The Bertz CT molecular complexity index is 2340. The molecule has 3 unspecified atom stereocenters. The molecule has 0 aromatic carbocycles. The number of carbonyl (C=O) groups is 2. The second kappa shape index (κ2) is 41.9. The molecule has 8 atom stereocenters. The third kappa shape index (κ3) is 34.4. The van der Waals surface area contributed by atoms with E-state index >= 15 is 0 Å². The Kier molecular flexibility index (Phi) is 37.0. The van der Waals surface area contributed by atoms with Gasteiger partial charge in [-0.25, -0.2) is 13.9 Å². The molecule has 2 heterocycles. The van der Waals surface area contributed by atoms with Crippen molar-refractivity contribution >= 4 is 33.4 Å². The van der Waals surface area contributed by atoms with E-state index in [0.29, 0.717) is 6.42 Å². The predicted octanol–water partition coefficient (Wildman–Crippen LogP) is 10.3. The minimum atomic E-state index is -5.49. The molecule has 1 aromatic rings. The maximum Gasteiger partial charge on any atom is 0.481 e. The van der Waals surface area contributed by atoms with Gasteiger partial charge in [-0.15, -0.1) is 0 Å². The first-order chi connectivity index (χ1) is 37.1. The Balaban J connectivity index is 1.87. The Morgan fingerprint density at radius 2 is 1.23 bits per heavy atom. The smallest absolute Gasteiger partial charge is 0.462 e. The average Bonchev–Trinajstić information content (AvgIpc) is 3.66. The molecule has 0 saturated carbocycles. The number of hydrogen-bond donors (Lipinski definition) is 6. The van der Waals surface area contributed by atoms with Gasteiger partial charge in [0.15, 0.2) is 12.3 Å². The quantitative estimate of drug-likeness (QED) is 0.0117. The van der Waals surface area contributed by atoms with Gasteiger partial charge in [0.25, 0.3) is 0 Å². The summed E-state index contributed by atoms with van der Waals surface area (Å²) in [5.74, 6) is -1.55. The summed E-state index contributed by atoms with van der Waals surface area (Å²) < 4.78 is 56.6. The van der Waals surface area contributed by atoms with Gasteiger partial charge >= 0.3 is 33.3 Å². The van der Waals surface area contributed by atoms with Gasteiger partial charge in [-0.2, -0.15) is 9.29 Å². The number of anilines is 1. The second-order valence-corrected chi connectivity index (χ2v) is 20.5. The molecule has 0 aliphatic carbocycles. The number of hydrogen-bond acceptors (Lipinski definition) is 16. The van der Waals surface area contributed by atoms with Crippen LogP contribution in [0.4, 0.5) is 5.82 Å². The normalized spacial score (nSPS) is 20.1. The lowest BCUT2D eigenvalue weighted by Gasteiger charge is -2.21. The largest absolute Gasteiger partial charge is 0.481 e. The number of aromatic nitrogens is 2. The highest BCUT2D eigenvalue weighted by molar-refractivity contribution is 7.61. The number of aliphatic hydroxyl groups excluding tert-OH is 3. The Labute approximate surface area is 454 Å². The fraction of sp³-hybridized carbons (Fsp3) is 0.500. The summed E-state index contributed by atoms with van der Waals surface area (Å²) in [6.45, 7) is 1.71. The lowest BCUT2D eigenvalue weighted by atomic mass is 10.1. The number of nitrogens with two attached hydrogens (primary N) is 1. The summed E-state index contributed by atoms with van der Waals surface area (Å²) >= 11 is 0. The fourth-order valence-corrected chi connectivity index (χ4v) is 8.91. The van der Waals surface area contributed by atoms with E-state index in [-0.39, 0.29) is 31.5 Å². The van der Waals surface area contributed by atoms with Gasteiger partial charge < -0.3 is 45.1 Å². The molecule has 0 amide bonds. The van der Waals surface area contributed by atoms with Crippen molar-refractivity contribution in [2.45, 2.75) is 160 Å². The molecule has 7 N–H and O–H groups in total.